The highest BCUT2D eigenvalue weighted by Crippen LogP contribution is 2.27. The van der Waals surface area contributed by atoms with E-state index in [0.717, 1.165) is 22.2 Å². The lowest BCUT2D eigenvalue weighted by Gasteiger charge is -2.13. The molecular formula is C11H15BrN2OS. The Balaban J connectivity index is 2.67. The van der Waals surface area contributed by atoms with Gasteiger partial charge in [-0.3, -0.25) is 10.2 Å². The summed E-state index contributed by atoms with van der Waals surface area (Å²) in [7, 11) is 0. The molecular weight excluding hydrogens is 288 g/mol. The molecule has 0 aliphatic rings. The Morgan fingerprint density at radius 2 is 2.12 bits per heavy atom. The predicted molar refractivity (Wildman–Crippen MR) is 71.0 cm³/mol. The molecule has 1 unspecified atom stereocenters. The summed E-state index contributed by atoms with van der Waals surface area (Å²) < 4.78 is 1.03. The van der Waals surface area contributed by atoms with E-state index in [0.29, 0.717) is 0 Å². The molecule has 1 amide bonds. The minimum atomic E-state index is -0.116. The molecule has 1 rings (SSSR count). The normalized spacial score (nSPS) is 12.2. The Morgan fingerprint density at radius 3 is 2.62 bits per heavy atom. The largest absolute Gasteiger partial charge is 0.293 e. The molecule has 1 aromatic carbocycles. The van der Waals surface area contributed by atoms with Crippen LogP contribution in [0.1, 0.15) is 19.8 Å². The van der Waals surface area contributed by atoms with Crippen LogP contribution in [0.2, 0.25) is 0 Å². The van der Waals surface area contributed by atoms with Gasteiger partial charge in [-0.15, -0.1) is 11.8 Å². The lowest BCUT2D eigenvalue weighted by Crippen LogP contribution is -2.37. The standard InChI is InChI=1S/C11H15BrN2OS/c1-2-3-10(11(15)14-13)16-9-6-4-8(12)5-7-9/h4-7,10H,2-3,13H2,1H3,(H,14,15). The first-order valence-electron chi connectivity index (χ1n) is 5.10. The van der Waals surface area contributed by atoms with E-state index in [-0.39, 0.29) is 11.2 Å². The smallest absolute Gasteiger partial charge is 0.247 e. The molecule has 88 valence electrons. The third kappa shape index (κ3) is 4.15. The van der Waals surface area contributed by atoms with Crippen LogP contribution in [0.3, 0.4) is 0 Å². The van der Waals surface area contributed by atoms with Gasteiger partial charge in [0, 0.05) is 9.37 Å². The van der Waals surface area contributed by atoms with Gasteiger partial charge in [0.1, 0.15) is 0 Å². The number of hydrazine groups is 1. The third-order valence-electron chi connectivity index (χ3n) is 2.08. The zero-order valence-electron chi connectivity index (χ0n) is 9.07. The Morgan fingerprint density at radius 1 is 1.50 bits per heavy atom. The number of benzene rings is 1. The first-order valence-corrected chi connectivity index (χ1v) is 6.77. The number of hydrogen-bond acceptors (Lipinski definition) is 3. The Hall–Kier alpha value is -0.520. The molecule has 0 saturated carbocycles. The molecule has 3 nitrogen and oxygen atoms in total. The number of hydrogen-bond donors (Lipinski definition) is 2. The minimum Gasteiger partial charge on any atom is -0.293 e. The van der Waals surface area contributed by atoms with Gasteiger partial charge in [-0.05, 0) is 30.7 Å². The van der Waals surface area contributed by atoms with Gasteiger partial charge in [0.25, 0.3) is 0 Å². The fraction of sp³-hybridized carbons (Fsp3) is 0.364. The van der Waals surface area contributed by atoms with Crippen LogP contribution >= 0.6 is 27.7 Å². The summed E-state index contributed by atoms with van der Waals surface area (Å²) in [5, 5.41) is -0.115. The molecule has 1 atom stereocenters. The third-order valence-corrected chi connectivity index (χ3v) is 3.88. The number of halogens is 1. The van der Waals surface area contributed by atoms with Crippen LogP contribution in [0.4, 0.5) is 0 Å². The number of amides is 1. The molecule has 16 heavy (non-hydrogen) atoms. The van der Waals surface area contributed by atoms with Crippen molar-refractivity contribution in [3.8, 4) is 0 Å². The quantitative estimate of drug-likeness (QED) is 0.380. The van der Waals surface area contributed by atoms with Crippen LogP contribution in [-0.4, -0.2) is 11.2 Å². The maximum atomic E-state index is 11.5. The second-order valence-corrected chi connectivity index (χ2v) is 5.55. The highest BCUT2D eigenvalue weighted by Gasteiger charge is 2.17. The molecule has 0 radical (unpaired) electrons. The van der Waals surface area contributed by atoms with Gasteiger partial charge >= 0.3 is 0 Å². The van der Waals surface area contributed by atoms with E-state index in [1.165, 1.54) is 0 Å². The Bertz CT molecular complexity index is 342. The van der Waals surface area contributed by atoms with Crippen molar-refractivity contribution in [2.24, 2.45) is 5.84 Å². The lowest BCUT2D eigenvalue weighted by atomic mass is 10.2. The summed E-state index contributed by atoms with van der Waals surface area (Å²) in [6.45, 7) is 2.05. The van der Waals surface area contributed by atoms with Gasteiger partial charge in [-0.1, -0.05) is 29.3 Å². The van der Waals surface area contributed by atoms with Crippen molar-refractivity contribution >= 4 is 33.6 Å². The molecule has 0 aromatic heterocycles. The van der Waals surface area contributed by atoms with E-state index in [2.05, 4.69) is 28.3 Å². The molecule has 0 aliphatic heterocycles. The minimum absolute atomic E-state index is 0.115. The number of thioether (sulfide) groups is 1. The van der Waals surface area contributed by atoms with Crippen LogP contribution in [0.15, 0.2) is 33.6 Å². The highest BCUT2D eigenvalue weighted by atomic mass is 79.9. The fourth-order valence-corrected chi connectivity index (χ4v) is 2.69. The average molecular weight is 303 g/mol. The van der Waals surface area contributed by atoms with E-state index in [9.17, 15) is 4.79 Å². The number of rotatable bonds is 5. The maximum Gasteiger partial charge on any atom is 0.247 e. The Kier molecular flexibility index (Phi) is 5.87. The fourth-order valence-electron chi connectivity index (χ4n) is 1.28. The SMILES string of the molecule is CCCC(Sc1ccc(Br)cc1)C(=O)NN. The molecule has 1 aromatic rings. The monoisotopic (exact) mass is 302 g/mol. The van der Waals surface area contributed by atoms with Crippen molar-refractivity contribution in [1.29, 1.82) is 0 Å². The molecule has 0 spiro atoms. The molecule has 0 bridgehead atoms. The van der Waals surface area contributed by atoms with E-state index in [4.69, 9.17) is 5.84 Å². The van der Waals surface area contributed by atoms with E-state index in [1.807, 2.05) is 24.3 Å². The topological polar surface area (TPSA) is 55.1 Å². The number of carbonyl (C=O) groups is 1. The van der Waals surface area contributed by atoms with E-state index in [1.54, 1.807) is 11.8 Å². The van der Waals surface area contributed by atoms with Crippen LogP contribution in [0.25, 0.3) is 0 Å². The van der Waals surface area contributed by atoms with Gasteiger partial charge in [-0.2, -0.15) is 0 Å². The van der Waals surface area contributed by atoms with Crippen LogP contribution in [0.5, 0.6) is 0 Å². The summed E-state index contributed by atoms with van der Waals surface area (Å²) in [6.07, 6.45) is 1.78. The summed E-state index contributed by atoms with van der Waals surface area (Å²) in [5.41, 5.74) is 2.21. The molecule has 0 heterocycles. The van der Waals surface area contributed by atoms with Gasteiger partial charge in [-0.25, -0.2) is 5.84 Å². The number of nitrogens with one attached hydrogen (secondary N) is 1. The second-order valence-electron chi connectivity index (χ2n) is 3.36. The Labute approximate surface area is 108 Å². The second kappa shape index (κ2) is 6.93. The summed E-state index contributed by atoms with van der Waals surface area (Å²) in [6, 6.07) is 7.90. The van der Waals surface area contributed by atoms with E-state index >= 15 is 0 Å². The van der Waals surface area contributed by atoms with Crippen molar-refractivity contribution in [3.05, 3.63) is 28.7 Å². The highest BCUT2D eigenvalue weighted by molar-refractivity contribution is 9.10. The first-order chi connectivity index (χ1) is 7.67. The molecule has 0 aliphatic carbocycles. The number of nitrogens with two attached hydrogens (primary N) is 1. The van der Waals surface area contributed by atoms with Gasteiger partial charge in [0.05, 0.1) is 5.25 Å². The van der Waals surface area contributed by atoms with Crippen LogP contribution < -0.4 is 11.3 Å². The molecule has 0 saturated heterocycles. The average Bonchev–Trinajstić information content (AvgIpc) is 2.30. The number of carbonyl (C=O) groups excluding carboxylic acids is 1. The molecule has 0 fully saturated rings. The molecule has 3 N–H and O–H groups in total. The van der Waals surface area contributed by atoms with Crippen molar-refractivity contribution in [1.82, 2.24) is 5.43 Å². The van der Waals surface area contributed by atoms with E-state index < -0.39 is 0 Å². The van der Waals surface area contributed by atoms with Gasteiger partial charge in [0.15, 0.2) is 0 Å². The van der Waals surface area contributed by atoms with Crippen molar-refractivity contribution in [3.63, 3.8) is 0 Å². The lowest BCUT2D eigenvalue weighted by molar-refractivity contribution is -0.120. The van der Waals surface area contributed by atoms with Crippen molar-refractivity contribution in [2.75, 3.05) is 0 Å². The van der Waals surface area contributed by atoms with Crippen LogP contribution in [-0.2, 0) is 4.79 Å². The van der Waals surface area contributed by atoms with Crippen molar-refractivity contribution < 1.29 is 4.79 Å². The zero-order chi connectivity index (χ0) is 12.0. The van der Waals surface area contributed by atoms with Crippen LogP contribution in [0, 0.1) is 0 Å². The molecule has 5 heteroatoms. The summed E-state index contributed by atoms with van der Waals surface area (Å²) >= 11 is 4.92. The predicted octanol–water partition coefficient (Wildman–Crippen LogP) is 2.70. The summed E-state index contributed by atoms with van der Waals surface area (Å²) in [4.78, 5) is 12.6. The maximum absolute atomic E-state index is 11.5. The van der Waals surface area contributed by atoms with Crippen molar-refractivity contribution in [2.45, 2.75) is 29.9 Å². The summed E-state index contributed by atoms with van der Waals surface area (Å²) in [5.74, 6) is 5.04. The zero-order valence-corrected chi connectivity index (χ0v) is 11.5. The van der Waals surface area contributed by atoms with Gasteiger partial charge < -0.3 is 0 Å². The van der Waals surface area contributed by atoms with Gasteiger partial charge in [0.2, 0.25) is 5.91 Å². The first kappa shape index (κ1) is 13.5.